The molecule has 2 aromatic carbocycles. The van der Waals surface area contributed by atoms with E-state index in [0.29, 0.717) is 12.8 Å². The summed E-state index contributed by atoms with van der Waals surface area (Å²) in [6.07, 6.45) is 26.9. The minimum absolute atomic E-state index is 0. The van der Waals surface area contributed by atoms with Crippen molar-refractivity contribution in [2.24, 2.45) is 0 Å². The van der Waals surface area contributed by atoms with E-state index in [2.05, 4.69) is 13.8 Å². The monoisotopic (exact) mass is 752 g/mol. The van der Waals surface area contributed by atoms with Gasteiger partial charge < -0.3 is 27.9 Å². The molecule has 0 aliphatic rings. The van der Waals surface area contributed by atoms with Crippen LogP contribution in [0.2, 0.25) is 0 Å². The number of unbranched alkanes of at least 4 members (excludes halogenated alkanes) is 18. The Morgan fingerprint density at radius 3 is 1.00 bits per heavy atom. The summed E-state index contributed by atoms with van der Waals surface area (Å²) in [5.41, 5.74) is 1.67. The van der Waals surface area contributed by atoms with Crippen LogP contribution in [0.4, 0.5) is 0 Å². The summed E-state index contributed by atoms with van der Waals surface area (Å²) in [5.74, 6) is 0.375. The van der Waals surface area contributed by atoms with Crippen molar-refractivity contribution in [3.63, 3.8) is 0 Å². The standard InChI is InChI=1S/C38H62O8P2.2Na/c1-3-5-7-9-11-13-15-17-19-21-33-43-47(39,40)45-37-29-25-35(26-30-37)23-24-36-27-31-38(32-28-36)46-48(41,42)44-34-22-20-18-16-14-12-10-8-6-4-2;;/h23-32H,3-22,33-34H2,1-2H3,(H,39,40)(H,41,42);;/q;2*+1/p-2/b24-23+;;. The molecular weight excluding hydrogens is 692 g/mol. The molecule has 8 nitrogen and oxygen atoms in total. The summed E-state index contributed by atoms with van der Waals surface area (Å²) in [7, 11) is -8.88. The number of hydrogen-bond donors (Lipinski definition) is 0. The van der Waals surface area contributed by atoms with Gasteiger partial charge in [-0.1, -0.05) is 166 Å². The second-order valence-corrected chi connectivity index (χ2v) is 15.2. The van der Waals surface area contributed by atoms with Gasteiger partial charge in [0, 0.05) is 0 Å². The van der Waals surface area contributed by atoms with Crippen LogP contribution in [0.15, 0.2) is 48.5 Å². The topological polar surface area (TPSA) is 117 Å². The van der Waals surface area contributed by atoms with Crippen LogP contribution in [0.1, 0.15) is 153 Å². The van der Waals surface area contributed by atoms with Gasteiger partial charge in [-0.15, -0.1) is 0 Å². The van der Waals surface area contributed by atoms with Crippen molar-refractivity contribution < 1.29 is 96.1 Å². The van der Waals surface area contributed by atoms with Crippen molar-refractivity contribution in [3.8, 4) is 11.5 Å². The number of phosphoric ester groups is 2. The predicted molar refractivity (Wildman–Crippen MR) is 194 cm³/mol. The molecule has 0 saturated carbocycles. The van der Waals surface area contributed by atoms with Gasteiger partial charge in [0.2, 0.25) is 0 Å². The molecule has 0 N–H and O–H groups in total. The van der Waals surface area contributed by atoms with E-state index in [1.807, 2.05) is 12.2 Å². The van der Waals surface area contributed by atoms with Crippen molar-refractivity contribution >= 4 is 27.8 Å². The average molecular weight is 753 g/mol. The van der Waals surface area contributed by atoms with Crippen LogP contribution in [0.25, 0.3) is 12.2 Å². The molecule has 2 aromatic rings. The van der Waals surface area contributed by atoms with Crippen LogP contribution in [-0.4, -0.2) is 13.2 Å². The van der Waals surface area contributed by atoms with Crippen molar-refractivity contribution in [1.82, 2.24) is 0 Å². The number of hydrogen-bond acceptors (Lipinski definition) is 8. The first kappa shape index (κ1) is 50.1. The van der Waals surface area contributed by atoms with Gasteiger partial charge >= 0.3 is 74.8 Å². The molecule has 0 spiro atoms. The molecule has 0 saturated heterocycles. The molecule has 12 heteroatoms. The molecular formula is C38H60Na2O8P2. The van der Waals surface area contributed by atoms with Crippen LogP contribution in [0, 0.1) is 0 Å². The van der Waals surface area contributed by atoms with Crippen LogP contribution in [-0.2, 0) is 18.2 Å². The Hall–Kier alpha value is 0.0800. The van der Waals surface area contributed by atoms with E-state index in [-0.39, 0.29) is 83.8 Å². The number of rotatable bonds is 30. The largest absolute Gasteiger partial charge is 1.00 e. The van der Waals surface area contributed by atoms with Gasteiger partial charge in [0.05, 0.1) is 13.2 Å². The summed E-state index contributed by atoms with van der Waals surface area (Å²) < 4.78 is 44.8. The van der Waals surface area contributed by atoms with E-state index in [4.69, 9.17) is 18.1 Å². The van der Waals surface area contributed by atoms with Crippen molar-refractivity contribution in [3.05, 3.63) is 59.7 Å². The second-order valence-electron chi connectivity index (χ2n) is 12.6. The Bertz CT molecular complexity index is 1120. The Morgan fingerprint density at radius 1 is 0.460 bits per heavy atom. The number of phosphoric acid groups is 2. The van der Waals surface area contributed by atoms with E-state index in [0.717, 1.165) is 36.8 Å². The fourth-order valence-electron chi connectivity index (χ4n) is 5.31. The summed E-state index contributed by atoms with van der Waals surface area (Å²) >= 11 is 0. The second kappa shape index (κ2) is 31.4. The normalized spacial score (nSPS) is 13.6. The van der Waals surface area contributed by atoms with Crippen molar-refractivity contribution in [2.45, 2.75) is 142 Å². The molecule has 0 amide bonds. The molecule has 0 radical (unpaired) electrons. The van der Waals surface area contributed by atoms with E-state index in [1.54, 1.807) is 48.5 Å². The molecule has 50 heavy (non-hydrogen) atoms. The molecule has 0 fully saturated rings. The molecule has 272 valence electrons. The van der Waals surface area contributed by atoms with Gasteiger partial charge in [-0.3, -0.25) is 9.13 Å². The van der Waals surface area contributed by atoms with E-state index >= 15 is 0 Å². The van der Waals surface area contributed by atoms with Crippen molar-refractivity contribution in [2.75, 3.05) is 13.2 Å². The quantitative estimate of drug-likeness (QED) is 0.0449. The minimum atomic E-state index is -4.44. The first-order valence-corrected chi connectivity index (χ1v) is 21.3. The summed E-state index contributed by atoms with van der Waals surface area (Å²) in [6, 6.07) is 13.3. The third-order valence-electron chi connectivity index (χ3n) is 8.16. The molecule has 2 unspecified atom stereocenters. The van der Waals surface area contributed by atoms with Crippen molar-refractivity contribution in [1.29, 1.82) is 0 Å². The fourth-order valence-corrected chi connectivity index (χ4v) is 6.89. The molecule has 2 rings (SSSR count). The van der Waals surface area contributed by atoms with Gasteiger partial charge in [0.1, 0.15) is 11.5 Å². The number of benzene rings is 2. The smallest absolute Gasteiger partial charge is 0.746 e. The van der Waals surface area contributed by atoms with Crippen LogP contribution >= 0.6 is 15.6 Å². The SMILES string of the molecule is CCCCCCCCCCCCOP(=O)([O-])Oc1ccc(/C=C/c2ccc(OP(=O)([O-])OCCCCCCCCCCCC)cc2)cc1.[Na+].[Na+]. The van der Waals surface area contributed by atoms with Gasteiger partial charge in [0.25, 0.3) is 0 Å². The summed E-state index contributed by atoms with van der Waals surface area (Å²) in [4.78, 5) is 24.5. The molecule has 0 aromatic heterocycles. The van der Waals surface area contributed by atoms with Gasteiger partial charge in [0.15, 0.2) is 0 Å². The first-order chi connectivity index (χ1) is 23.2. The van der Waals surface area contributed by atoms with Crippen LogP contribution < -0.4 is 77.9 Å². The van der Waals surface area contributed by atoms with Gasteiger partial charge in [-0.25, -0.2) is 0 Å². The van der Waals surface area contributed by atoms with Gasteiger partial charge in [-0.05, 0) is 48.2 Å². The Kier molecular flexibility index (Phi) is 31.5. The zero-order valence-corrected chi connectivity index (χ0v) is 37.3. The molecule has 0 aliphatic heterocycles. The Morgan fingerprint density at radius 2 is 0.720 bits per heavy atom. The Balaban J connectivity index is 0.0000120. The fraction of sp³-hybridized carbons (Fsp3) is 0.632. The zero-order valence-electron chi connectivity index (χ0n) is 31.5. The van der Waals surface area contributed by atoms with Crippen LogP contribution in [0.3, 0.4) is 0 Å². The molecule has 0 heterocycles. The summed E-state index contributed by atoms with van der Waals surface area (Å²) in [6.45, 7) is 4.69. The average Bonchev–Trinajstić information content (AvgIpc) is 3.06. The van der Waals surface area contributed by atoms with E-state index < -0.39 is 15.6 Å². The maximum absolute atomic E-state index is 12.2. The van der Waals surface area contributed by atoms with E-state index in [9.17, 15) is 18.9 Å². The molecule has 0 aliphatic carbocycles. The van der Waals surface area contributed by atoms with Crippen LogP contribution in [0.5, 0.6) is 11.5 Å². The maximum atomic E-state index is 12.2. The maximum Gasteiger partial charge on any atom is 1.00 e. The van der Waals surface area contributed by atoms with Gasteiger partial charge in [-0.2, -0.15) is 0 Å². The predicted octanol–water partition coefficient (Wildman–Crippen LogP) is 5.43. The molecule has 2 atom stereocenters. The first-order valence-electron chi connectivity index (χ1n) is 18.4. The Labute approximate surface area is 347 Å². The third-order valence-corrected chi connectivity index (χ3v) is 10.0. The summed E-state index contributed by atoms with van der Waals surface area (Å²) in [5, 5.41) is 0. The zero-order chi connectivity index (χ0) is 34.8. The molecule has 0 bridgehead atoms. The third kappa shape index (κ3) is 26.8. The minimum Gasteiger partial charge on any atom is -0.746 e. The van der Waals surface area contributed by atoms with E-state index in [1.165, 1.54) is 89.9 Å².